The van der Waals surface area contributed by atoms with E-state index >= 15 is 0 Å². The Morgan fingerprint density at radius 2 is 2.00 bits per heavy atom. The highest BCUT2D eigenvalue weighted by molar-refractivity contribution is 7.07. The van der Waals surface area contributed by atoms with Crippen molar-refractivity contribution in [1.82, 2.24) is 4.98 Å². The molecular weight excluding hydrogens is 266 g/mol. The molecule has 0 spiro atoms. The van der Waals surface area contributed by atoms with Gasteiger partial charge >= 0.3 is 0 Å². The minimum absolute atomic E-state index is 0.00671. The van der Waals surface area contributed by atoms with E-state index in [9.17, 15) is 0 Å². The molecule has 0 fully saturated rings. The van der Waals surface area contributed by atoms with Crippen molar-refractivity contribution in [3.63, 3.8) is 0 Å². The second-order valence-corrected chi connectivity index (χ2v) is 7.78. The Bertz CT molecular complexity index is 623. The highest BCUT2D eigenvalue weighted by atomic mass is 32.1. The molecule has 1 aromatic heterocycles. The third-order valence-electron chi connectivity index (χ3n) is 4.13. The number of para-hydroxylation sites is 1. The van der Waals surface area contributed by atoms with Crippen molar-refractivity contribution in [1.29, 1.82) is 0 Å². The summed E-state index contributed by atoms with van der Waals surface area (Å²) in [6.45, 7) is 11.2. The number of hydrogen-bond donors (Lipinski definition) is 0. The van der Waals surface area contributed by atoms with E-state index in [-0.39, 0.29) is 16.9 Å². The zero-order chi connectivity index (χ0) is 14.5. The molecule has 1 atom stereocenters. The maximum Gasteiger partial charge on any atom is 0.151 e. The second-order valence-electron chi connectivity index (χ2n) is 7.07. The van der Waals surface area contributed by atoms with Gasteiger partial charge in [-0.2, -0.15) is 0 Å². The molecule has 20 heavy (non-hydrogen) atoms. The molecule has 2 nitrogen and oxygen atoms in total. The third kappa shape index (κ3) is 1.96. The van der Waals surface area contributed by atoms with Gasteiger partial charge in [0, 0.05) is 16.4 Å². The summed E-state index contributed by atoms with van der Waals surface area (Å²) < 4.78 is 6.37. The largest absolute Gasteiger partial charge is 0.483 e. The average molecular weight is 287 g/mol. The summed E-state index contributed by atoms with van der Waals surface area (Å²) in [5.41, 5.74) is 5.52. The number of rotatable bonds is 1. The van der Waals surface area contributed by atoms with Crippen molar-refractivity contribution in [3.8, 4) is 5.75 Å². The molecule has 0 amide bonds. The summed E-state index contributed by atoms with van der Waals surface area (Å²) in [7, 11) is 0. The standard InChI is InChI=1S/C17H21NOS/c1-16(2,3)11-7-6-8-12-14(11)19-15(17(12,4)5)13-9-20-10-18-13/h6-10,15H,1-5H3. The Labute approximate surface area is 124 Å². The Balaban J connectivity index is 2.14. The van der Waals surface area contributed by atoms with Crippen molar-refractivity contribution in [2.24, 2.45) is 0 Å². The van der Waals surface area contributed by atoms with Gasteiger partial charge in [0.1, 0.15) is 5.75 Å². The van der Waals surface area contributed by atoms with Gasteiger partial charge in [0.05, 0.1) is 11.2 Å². The van der Waals surface area contributed by atoms with Crippen LogP contribution >= 0.6 is 11.3 Å². The predicted octanol–water partition coefficient (Wildman–Crippen LogP) is 4.85. The van der Waals surface area contributed by atoms with E-state index in [0.717, 1.165) is 11.4 Å². The molecule has 1 unspecified atom stereocenters. The third-order valence-corrected chi connectivity index (χ3v) is 4.73. The van der Waals surface area contributed by atoms with Crippen molar-refractivity contribution in [2.45, 2.75) is 51.6 Å². The Hall–Kier alpha value is -1.35. The zero-order valence-electron chi connectivity index (χ0n) is 12.7. The summed E-state index contributed by atoms with van der Waals surface area (Å²) in [6.07, 6.45) is 0.00671. The van der Waals surface area contributed by atoms with Crippen molar-refractivity contribution in [2.75, 3.05) is 0 Å². The van der Waals surface area contributed by atoms with E-state index in [1.807, 2.05) is 5.51 Å². The quantitative estimate of drug-likeness (QED) is 0.748. The van der Waals surface area contributed by atoms with Gasteiger partial charge < -0.3 is 4.74 Å². The monoisotopic (exact) mass is 287 g/mol. The minimum atomic E-state index is -0.0509. The van der Waals surface area contributed by atoms with Crippen LogP contribution in [0.4, 0.5) is 0 Å². The smallest absolute Gasteiger partial charge is 0.151 e. The van der Waals surface area contributed by atoms with Gasteiger partial charge in [-0.3, -0.25) is 0 Å². The number of benzene rings is 1. The first-order valence-corrected chi connectivity index (χ1v) is 7.95. The van der Waals surface area contributed by atoms with Gasteiger partial charge in [-0.25, -0.2) is 4.98 Å². The highest BCUT2D eigenvalue weighted by Gasteiger charge is 2.45. The average Bonchev–Trinajstić information content (AvgIpc) is 2.94. The first kappa shape index (κ1) is 13.6. The highest BCUT2D eigenvalue weighted by Crippen LogP contribution is 2.52. The van der Waals surface area contributed by atoms with Crippen LogP contribution in [0.15, 0.2) is 29.1 Å². The van der Waals surface area contributed by atoms with E-state index in [1.165, 1.54) is 11.1 Å². The van der Waals surface area contributed by atoms with Gasteiger partial charge in [-0.1, -0.05) is 52.8 Å². The zero-order valence-corrected chi connectivity index (χ0v) is 13.5. The summed E-state index contributed by atoms with van der Waals surface area (Å²) in [6, 6.07) is 6.52. The van der Waals surface area contributed by atoms with Crippen LogP contribution in [-0.4, -0.2) is 4.98 Å². The molecular formula is C17H21NOS. The molecule has 0 bridgehead atoms. The summed E-state index contributed by atoms with van der Waals surface area (Å²) >= 11 is 1.62. The summed E-state index contributed by atoms with van der Waals surface area (Å²) in [4.78, 5) is 4.46. The molecule has 2 aromatic rings. The fourth-order valence-corrected chi connectivity index (χ4v) is 3.52. The van der Waals surface area contributed by atoms with E-state index in [1.54, 1.807) is 11.3 Å². The maximum absolute atomic E-state index is 6.37. The van der Waals surface area contributed by atoms with Gasteiger partial charge in [-0.05, 0) is 11.0 Å². The van der Waals surface area contributed by atoms with Crippen molar-refractivity contribution < 1.29 is 4.74 Å². The maximum atomic E-state index is 6.37. The number of hydrogen-bond acceptors (Lipinski definition) is 3. The first-order chi connectivity index (χ1) is 9.32. The van der Waals surface area contributed by atoms with Crippen LogP contribution in [0, 0.1) is 0 Å². The van der Waals surface area contributed by atoms with E-state index < -0.39 is 0 Å². The lowest BCUT2D eigenvalue weighted by Gasteiger charge is -2.24. The molecule has 0 saturated heterocycles. The van der Waals surface area contributed by atoms with Gasteiger partial charge in [0.15, 0.2) is 6.10 Å². The topological polar surface area (TPSA) is 22.1 Å². The number of thiazole rings is 1. The summed E-state index contributed by atoms with van der Waals surface area (Å²) in [5.74, 6) is 1.06. The Morgan fingerprint density at radius 1 is 1.25 bits per heavy atom. The lowest BCUT2D eigenvalue weighted by molar-refractivity contribution is 0.162. The molecule has 106 valence electrons. The van der Waals surface area contributed by atoms with Gasteiger partial charge in [0.2, 0.25) is 0 Å². The lowest BCUT2D eigenvalue weighted by Crippen LogP contribution is -2.24. The van der Waals surface area contributed by atoms with Crippen LogP contribution in [0.5, 0.6) is 5.75 Å². The Kier molecular flexibility index (Phi) is 2.94. The first-order valence-electron chi connectivity index (χ1n) is 7.00. The number of nitrogens with zero attached hydrogens (tertiary/aromatic N) is 1. The molecule has 0 saturated carbocycles. The molecule has 1 aliphatic heterocycles. The van der Waals surface area contributed by atoms with E-state index in [2.05, 4.69) is 63.2 Å². The Morgan fingerprint density at radius 3 is 2.60 bits per heavy atom. The normalized spacial score (nSPS) is 20.6. The number of aromatic nitrogens is 1. The molecule has 2 heterocycles. The molecule has 0 radical (unpaired) electrons. The molecule has 1 aromatic carbocycles. The van der Waals surface area contributed by atoms with Gasteiger partial charge in [-0.15, -0.1) is 11.3 Å². The number of ether oxygens (including phenoxy) is 1. The van der Waals surface area contributed by atoms with Crippen LogP contribution < -0.4 is 4.74 Å². The van der Waals surface area contributed by atoms with Crippen molar-refractivity contribution in [3.05, 3.63) is 45.9 Å². The number of fused-ring (bicyclic) bond motifs is 1. The van der Waals surface area contributed by atoms with Crippen molar-refractivity contribution >= 4 is 11.3 Å². The van der Waals surface area contributed by atoms with Crippen LogP contribution in [0.1, 0.15) is 57.5 Å². The van der Waals surface area contributed by atoms with Crippen LogP contribution in [0.2, 0.25) is 0 Å². The SMILES string of the molecule is CC(C)(C)c1cccc2c1OC(c1cscn1)C2(C)C. The molecule has 0 aliphatic carbocycles. The lowest BCUT2D eigenvalue weighted by atomic mass is 9.77. The van der Waals surface area contributed by atoms with Crippen LogP contribution in [0.25, 0.3) is 0 Å². The van der Waals surface area contributed by atoms with E-state index in [4.69, 9.17) is 4.74 Å². The second kappa shape index (κ2) is 4.32. The summed E-state index contributed by atoms with van der Waals surface area (Å²) in [5, 5.41) is 2.09. The molecule has 3 rings (SSSR count). The molecule has 1 aliphatic rings. The van der Waals surface area contributed by atoms with E-state index in [0.29, 0.717) is 0 Å². The fourth-order valence-electron chi connectivity index (χ4n) is 2.95. The molecule has 3 heteroatoms. The predicted molar refractivity (Wildman–Crippen MR) is 83.7 cm³/mol. The van der Waals surface area contributed by atoms with Crippen LogP contribution in [0.3, 0.4) is 0 Å². The van der Waals surface area contributed by atoms with Crippen LogP contribution in [-0.2, 0) is 10.8 Å². The molecule has 0 N–H and O–H groups in total. The fraction of sp³-hybridized carbons (Fsp3) is 0.471. The van der Waals surface area contributed by atoms with Gasteiger partial charge in [0.25, 0.3) is 0 Å². The minimum Gasteiger partial charge on any atom is -0.483 e.